The zero-order valence-corrected chi connectivity index (χ0v) is 18.9. The zero-order chi connectivity index (χ0) is 22.6. The molecule has 2 aromatic carbocycles. The average Bonchev–Trinajstić information content (AvgIpc) is 2.81. The van der Waals surface area contributed by atoms with E-state index in [0.717, 1.165) is 24.1 Å². The SMILES string of the molecule is CCNC(=NCc1cc(OC)c(OC)c(OC)c1)NCCc1cccc(C(=O)NC)c1. The molecule has 0 aliphatic carbocycles. The Hall–Kier alpha value is -3.42. The quantitative estimate of drug-likeness (QED) is 0.397. The molecule has 31 heavy (non-hydrogen) atoms. The molecule has 1 amide bonds. The van der Waals surface area contributed by atoms with Gasteiger partial charge in [-0.3, -0.25) is 4.79 Å². The highest BCUT2D eigenvalue weighted by Gasteiger charge is 2.13. The molecule has 0 radical (unpaired) electrons. The molecule has 0 aliphatic rings. The molecule has 0 atom stereocenters. The Morgan fingerprint density at radius 3 is 2.26 bits per heavy atom. The lowest BCUT2D eigenvalue weighted by molar-refractivity contribution is 0.0963. The van der Waals surface area contributed by atoms with Crippen LogP contribution in [-0.2, 0) is 13.0 Å². The second-order valence-electron chi connectivity index (χ2n) is 6.69. The van der Waals surface area contributed by atoms with Crippen molar-refractivity contribution in [2.45, 2.75) is 19.9 Å². The summed E-state index contributed by atoms with van der Waals surface area (Å²) in [6.45, 7) is 3.88. The number of guanidine groups is 1. The van der Waals surface area contributed by atoms with Gasteiger partial charge in [-0.25, -0.2) is 4.99 Å². The number of nitrogens with one attached hydrogen (secondary N) is 3. The lowest BCUT2D eigenvalue weighted by Crippen LogP contribution is -2.38. The van der Waals surface area contributed by atoms with Gasteiger partial charge in [-0.1, -0.05) is 12.1 Å². The Morgan fingerprint density at radius 1 is 0.968 bits per heavy atom. The van der Waals surface area contributed by atoms with Gasteiger partial charge in [0.15, 0.2) is 17.5 Å². The summed E-state index contributed by atoms with van der Waals surface area (Å²) in [5.74, 6) is 2.37. The molecule has 0 saturated heterocycles. The number of carbonyl (C=O) groups is 1. The molecule has 8 heteroatoms. The van der Waals surface area contributed by atoms with E-state index in [2.05, 4.69) is 20.9 Å². The maximum atomic E-state index is 11.8. The monoisotopic (exact) mass is 428 g/mol. The van der Waals surface area contributed by atoms with E-state index in [9.17, 15) is 4.79 Å². The lowest BCUT2D eigenvalue weighted by atomic mass is 10.1. The van der Waals surface area contributed by atoms with Crippen molar-refractivity contribution in [1.82, 2.24) is 16.0 Å². The van der Waals surface area contributed by atoms with Crippen molar-refractivity contribution in [3.05, 3.63) is 53.1 Å². The van der Waals surface area contributed by atoms with Crippen LogP contribution in [0.4, 0.5) is 0 Å². The lowest BCUT2D eigenvalue weighted by Gasteiger charge is -2.14. The third-order valence-corrected chi connectivity index (χ3v) is 4.61. The minimum absolute atomic E-state index is 0.0879. The van der Waals surface area contributed by atoms with E-state index in [1.807, 2.05) is 37.3 Å². The van der Waals surface area contributed by atoms with Crippen LogP contribution in [0.3, 0.4) is 0 Å². The van der Waals surface area contributed by atoms with Gasteiger partial charge in [0, 0.05) is 25.7 Å². The fraction of sp³-hybridized carbons (Fsp3) is 0.391. The van der Waals surface area contributed by atoms with E-state index in [1.54, 1.807) is 34.4 Å². The fourth-order valence-electron chi connectivity index (χ4n) is 3.08. The third kappa shape index (κ3) is 6.80. The van der Waals surface area contributed by atoms with Crippen molar-refractivity contribution in [2.24, 2.45) is 4.99 Å². The van der Waals surface area contributed by atoms with Gasteiger partial charge in [-0.15, -0.1) is 0 Å². The predicted octanol–water partition coefficient (Wildman–Crippen LogP) is 2.37. The number of amides is 1. The molecule has 0 aromatic heterocycles. The largest absolute Gasteiger partial charge is 0.493 e. The van der Waals surface area contributed by atoms with Gasteiger partial charge in [-0.2, -0.15) is 0 Å². The second kappa shape index (κ2) is 12.3. The van der Waals surface area contributed by atoms with Gasteiger partial charge in [-0.05, 0) is 48.7 Å². The van der Waals surface area contributed by atoms with E-state index < -0.39 is 0 Å². The van der Waals surface area contributed by atoms with Crippen molar-refractivity contribution >= 4 is 11.9 Å². The van der Waals surface area contributed by atoms with Gasteiger partial charge >= 0.3 is 0 Å². The minimum atomic E-state index is -0.0879. The summed E-state index contributed by atoms with van der Waals surface area (Å²) in [7, 11) is 6.39. The molecule has 8 nitrogen and oxygen atoms in total. The summed E-state index contributed by atoms with van der Waals surface area (Å²) in [5, 5.41) is 9.22. The van der Waals surface area contributed by atoms with Crippen molar-refractivity contribution in [2.75, 3.05) is 41.5 Å². The number of hydrogen-bond acceptors (Lipinski definition) is 5. The average molecular weight is 429 g/mol. The van der Waals surface area contributed by atoms with Crippen LogP contribution in [0.1, 0.15) is 28.4 Å². The number of rotatable bonds is 10. The first-order chi connectivity index (χ1) is 15.1. The number of aliphatic imine (C=N–C) groups is 1. The van der Waals surface area contributed by atoms with Crippen LogP contribution >= 0.6 is 0 Å². The van der Waals surface area contributed by atoms with Gasteiger partial charge in [0.25, 0.3) is 5.91 Å². The summed E-state index contributed by atoms with van der Waals surface area (Å²) < 4.78 is 16.2. The van der Waals surface area contributed by atoms with Crippen molar-refractivity contribution < 1.29 is 19.0 Å². The van der Waals surface area contributed by atoms with Crippen molar-refractivity contribution in [3.63, 3.8) is 0 Å². The van der Waals surface area contributed by atoms with E-state index in [0.29, 0.717) is 41.9 Å². The highest BCUT2D eigenvalue weighted by Crippen LogP contribution is 2.38. The molecule has 0 fully saturated rings. The number of benzene rings is 2. The first-order valence-corrected chi connectivity index (χ1v) is 10.2. The van der Waals surface area contributed by atoms with Crippen LogP contribution < -0.4 is 30.2 Å². The maximum absolute atomic E-state index is 11.8. The topological polar surface area (TPSA) is 93.2 Å². The van der Waals surface area contributed by atoms with Gasteiger partial charge < -0.3 is 30.2 Å². The molecular weight excluding hydrogens is 396 g/mol. The Morgan fingerprint density at radius 2 is 1.68 bits per heavy atom. The van der Waals surface area contributed by atoms with E-state index in [4.69, 9.17) is 14.2 Å². The molecule has 0 unspecified atom stereocenters. The smallest absolute Gasteiger partial charge is 0.251 e. The zero-order valence-electron chi connectivity index (χ0n) is 18.9. The first-order valence-electron chi connectivity index (χ1n) is 10.2. The molecule has 0 saturated carbocycles. The molecule has 0 bridgehead atoms. The summed E-state index contributed by atoms with van der Waals surface area (Å²) in [5.41, 5.74) is 2.67. The number of methoxy groups -OCH3 is 3. The van der Waals surface area contributed by atoms with E-state index >= 15 is 0 Å². The summed E-state index contributed by atoms with van der Waals surface area (Å²) in [6.07, 6.45) is 0.763. The van der Waals surface area contributed by atoms with Gasteiger partial charge in [0.2, 0.25) is 5.75 Å². The normalized spacial score (nSPS) is 10.9. The van der Waals surface area contributed by atoms with Crippen LogP contribution in [0.25, 0.3) is 0 Å². The maximum Gasteiger partial charge on any atom is 0.251 e. The Labute approximate surface area is 184 Å². The van der Waals surface area contributed by atoms with Gasteiger partial charge in [0.1, 0.15) is 0 Å². The third-order valence-electron chi connectivity index (χ3n) is 4.61. The van der Waals surface area contributed by atoms with Crippen LogP contribution in [0.15, 0.2) is 41.4 Å². The van der Waals surface area contributed by atoms with Crippen molar-refractivity contribution in [1.29, 1.82) is 0 Å². The second-order valence-corrected chi connectivity index (χ2v) is 6.69. The number of carbonyl (C=O) groups excluding carboxylic acids is 1. The molecular formula is C23H32N4O4. The Balaban J connectivity index is 2.05. The predicted molar refractivity (Wildman–Crippen MR) is 122 cm³/mol. The summed E-state index contributed by atoms with van der Waals surface area (Å²) in [4.78, 5) is 16.5. The Kier molecular flexibility index (Phi) is 9.48. The van der Waals surface area contributed by atoms with E-state index in [-0.39, 0.29) is 5.91 Å². The number of nitrogens with zero attached hydrogens (tertiary/aromatic N) is 1. The number of ether oxygens (including phenoxy) is 3. The molecule has 0 spiro atoms. The molecule has 2 aromatic rings. The molecule has 168 valence electrons. The van der Waals surface area contributed by atoms with Crippen LogP contribution in [0, 0.1) is 0 Å². The molecule has 2 rings (SSSR count). The molecule has 0 aliphatic heterocycles. The highest BCUT2D eigenvalue weighted by atomic mass is 16.5. The van der Waals surface area contributed by atoms with E-state index in [1.165, 1.54) is 0 Å². The minimum Gasteiger partial charge on any atom is -0.493 e. The number of hydrogen-bond donors (Lipinski definition) is 3. The Bertz CT molecular complexity index is 874. The van der Waals surface area contributed by atoms with Gasteiger partial charge in [0.05, 0.1) is 27.9 Å². The highest BCUT2D eigenvalue weighted by molar-refractivity contribution is 5.94. The fourth-order valence-corrected chi connectivity index (χ4v) is 3.08. The van der Waals surface area contributed by atoms with Crippen molar-refractivity contribution in [3.8, 4) is 17.2 Å². The first kappa shape index (κ1) is 23.9. The molecule has 0 heterocycles. The van der Waals surface area contributed by atoms with Crippen LogP contribution in [0.2, 0.25) is 0 Å². The van der Waals surface area contributed by atoms with Crippen LogP contribution in [-0.4, -0.2) is 53.3 Å². The summed E-state index contributed by atoms with van der Waals surface area (Å²) in [6, 6.07) is 11.4. The standard InChI is InChI=1S/C23H32N4O4/c1-6-25-23(26-11-10-16-8-7-9-18(12-16)22(28)24-2)27-15-17-13-19(29-3)21(31-5)20(14-17)30-4/h7-9,12-14H,6,10-11,15H2,1-5H3,(H,24,28)(H2,25,26,27). The molecule has 3 N–H and O–H groups in total. The van der Waals surface area contributed by atoms with Crippen LogP contribution in [0.5, 0.6) is 17.2 Å². The summed E-state index contributed by atoms with van der Waals surface area (Å²) >= 11 is 0.